The van der Waals surface area contributed by atoms with Crippen molar-refractivity contribution in [1.29, 1.82) is 0 Å². The Balaban J connectivity index is 1.32. The summed E-state index contributed by atoms with van der Waals surface area (Å²) in [6.07, 6.45) is 7.04. The first kappa shape index (κ1) is 18.0. The summed E-state index contributed by atoms with van der Waals surface area (Å²) < 4.78 is 32.7. The number of hydrogen-bond acceptors (Lipinski definition) is 6. The summed E-state index contributed by atoms with van der Waals surface area (Å²) >= 11 is 0. The number of rotatable bonds is 5. The Bertz CT molecular complexity index is 1030. The van der Waals surface area contributed by atoms with E-state index in [1.807, 2.05) is 6.07 Å². The number of nitrogens with zero attached hydrogens (tertiary/aromatic N) is 4. The first-order valence-electron chi connectivity index (χ1n) is 9.91. The predicted octanol–water partition coefficient (Wildman–Crippen LogP) is 3.93. The number of piperidine rings is 1. The van der Waals surface area contributed by atoms with E-state index in [0.29, 0.717) is 32.0 Å². The molecule has 3 heterocycles. The maximum Gasteiger partial charge on any atom is 0.172 e. The highest BCUT2D eigenvalue weighted by Gasteiger charge is 2.28. The third-order valence-corrected chi connectivity index (χ3v) is 5.30. The minimum Gasteiger partial charge on any atom is -0.487 e. The number of halogens is 2. The molecule has 3 aromatic rings. The molecule has 1 aliphatic carbocycles. The average molecular weight is 397 g/mol. The van der Waals surface area contributed by atoms with Crippen LogP contribution in [0.5, 0.6) is 5.75 Å². The zero-order valence-corrected chi connectivity index (χ0v) is 15.8. The molecule has 1 aliphatic heterocycles. The van der Waals surface area contributed by atoms with Gasteiger partial charge in [0.25, 0.3) is 0 Å². The molecular weight excluding hydrogens is 376 g/mol. The van der Waals surface area contributed by atoms with Gasteiger partial charge in [0.15, 0.2) is 23.2 Å². The molecule has 0 atom stereocenters. The first-order valence-corrected chi connectivity index (χ1v) is 9.91. The number of fused-ring (bicyclic) bond motifs is 1. The van der Waals surface area contributed by atoms with E-state index in [2.05, 4.69) is 15.2 Å². The Labute approximate surface area is 166 Å². The summed E-state index contributed by atoms with van der Waals surface area (Å²) in [4.78, 5) is 15.9. The maximum atomic E-state index is 13.9. The molecular formula is C21H21F2N5O. The van der Waals surface area contributed by atoms with E-state index in [9.17, 15) is 8.78 Å². The maximum absolute atomic E-state index is 13.9. The molecule has 6 nitrogen and oxygen atoms in total. The highest BCUT2D eigenvalue weighted by atomic mass is 19.1. The summed E-state index contributed by atoms with van der Waals surface area (Å²) in [6, 6.07) is 5.73. The normalized spacial score (nSPS) is 17.5. The second-order valence-electron chi connectivity index (χ2n) is 7.56. The second kappa shape index (κ2) is 7.42. The van der Waals surface area contributed by atoms with Crippen molar-refractivity contribution < 1.29 is 13.5 Å². The Morgan fingerprint density at radius 2 is 1.83 bits per heavy atom. The smallest absolute Gasteiger partial charge is 0.172 e. The SMILES string of the molecule is Fc1ccc(OC2CCN(c3nc4cnccc4nc3NC3CC3)CC2)c(F)c1. The molecule has 1 N–H and O–H groups in total. The molecule has 8 heteroatoms. The van der Waals surface area contributed by atoms with E-state index in [-0.39, 0.29) is 11.9 Å². The molecule has 29 heavy (non-hydrogen) atoms. The van der Waals surface area contributed by atoms with Gasteiger partial charge in [-0.05, 0) is 31.0 Å². The fraction of sp³-hybridized carbons (Fsp3) is 0.381. The lowest BCUT2D eigenvalue weighted by Crippen LogP contribution is -2.39. The molecule has 2 aliphatic rings. The van der Waals surface area contributed by atoms with E-state index in [4.69, 9.17) is 14.7 Å². The first-order chi connectivity index (χ1) is 14.2. The predicted molar refractivity (Wildman–Crippen MR) is 106 cm³/mol. The zero-order valence-electron chi connectivity index (χ0n) is 15.8. The molecule has 0 bridgehead atoms. The number of pyridine rings is 1. The van der Waals surface area contributed by atoms with Crippen molar-refractivity contribution in [3.63, 3.8) is 0 Å². The summed E-state index contributed by atoms with van der Waals surface area (Å²) in [7, 11) is 0. The number of ether oxygens (including phenoxy) is 1. The van der Waals surface area contributed by atoms with Gasteiger partial charge in [0.2, 0.25) is 0 Å². The fourth-order valence-electron chi connectivity index (χ4n) is 3.57. The van der Waals surface area contributed by atoms with E-state index in [1.54, 1.807) is 12.4 Å². The number of nitrogens with one attached hydrogen (secondary N) is 1. The molecule has 0 radical (unpaired) electrons. The topological polar surface area (TPSA) is 63.2 Å². The summed E-state index contributed by atoms with van der Waals surface area (Å²) in [6.45, 7) is 1.43. The van der Waals surface area contributed by atoms with Crippen LogP contribution < -0.4 is 15.0 Å². The lowest BCUT2D eigenvalue weighted by molar-refractivity contribution is 0.163. The second-order valence-corrected chi connectivity index (χ2v) is 7.56. The average Bonchev–Trinajstić information content (AvgIpc) is 3.54. The number of benzene rings is 1. The molecule has 1 aromatic carbocycles. The van der Waals surface area contributed by atoms with Crippen LogP contribution in [0.15, 0.2) is 36.7 Å². The van der Waals surface area contributed by atoms with Crippen LogP contribution in [0.4, 0.5) is 20.4 Å². The highest BCUT2D eigenvalue weighted by molar-refractivity contribution is 5.80. The summed E-state index contributed by atoms with van der Waals surface area (Å²) in [5.41, 5.74) is 1.58. The molecule has 2 aromatic heterocycles. The lowest BCUT2D eigenvalue weighted by Gasteiger charge is -2.33. The highest BCUT2D eigenvalue weighted by Crippen LogP contribution is 2.32. The molecule has 0 amide bonds. The molecule has 2 fully saturated rings. The number of hydrogen-bond donors (Lipinski definition) is 1. The van der Waals surface area contributed by atoms with Gasteiger partial charge >= 0.3 is 0 Å². The van der Waals surface area contributed by atoms with E-state index in [1.165, 1.54) is 12.1 Å². The molecule has 0 unspecified atom stereocenters. The van der Waals surface area contributed by atoms with E-state index >= 15 is 0 Å². The number of aromatic nitrogens is 3. The third-order valence-electron chi connectivity index (χ3n) is 5.30. The Hall–Kier alpha value is -3.03. The van der Waals surface area contributed by atoms with Gasteiger partial charge in [-0.2, -0.15) is 0 Å². The minimum absolute atomic E-state index is 0.0949. The van der Waals surface area contributed by atoms with Crippen molar-refractivity contribution in [2.75, 3.05) is 23.3 Å². The van der Waals surface area contributed by atoms with Crippen LogP contribution in [0.2, 0.25) is 0 Å². The van der Waals surface area contributed by atoms with Crippen LogP contribution in [0.25, 0.3) is 11.0 Å². The van der Waals surface area contributed by atoms with Gasteiger partial charge in [-0.3, -0.25) is 4.98 Å². The van der Waals surface area contributed by atoms with Crippen molar-refractivity contribution in [2.45, 2.75) is 37.8 Å². The lowest BCUT2D eigenvalue weighted by atomic mass is 10.1. The summed E-state index contributed by atoms with van der Waals surface area (Å²) in [5, 5.41) is 3.49. The Kier molecular flexibility index (Phi) is 4.61. The largest absolute Gasteiger partial charge is 0.487 e. The van der Waals surface area contributed by atoms with Crippen LogP contribution in [0.1, 0.15) is 25.7 Å². The van der Waals surface area contributed by atoms with Crippen LogP contribution in [-0.4, -0.2) is 40.2 Å². The Morgan fingerprint density at radius 3 is 2.59 bits per heavy atom. The van der Waals surface area contributed by atoms with Crippen molar-refractivity contribution >= 4 is 22.7 Å². The van der Waals surface area contributed by atoms with Crippen molar-refractivity contribution in [1.82, 2.24) is 15.0 Å². The molecule has 5 rings (SSSR count). The van der Waals surface area contributed by atoms with Crippen molar-refractivity contribution in [3.8, 4) is 5.75 Å². The van der Waals surface area contributed by atoms with E-state index < -0.39 is 11.6 Å². The fourth-order valence-corrected chi connectivity index (χ4v) is 3.57. The van der Waals surface area contributed by atoms with Gasteiger partial charge in [-0.1, -0.05) is 0 Å². The van der Waals surface area contributed by atoms with Gasteiger partial charge in [0.05, 0.1) is 11.7 Å². The zero-order chi connectivity index (χ0) is 19.8. The number of anilines is 2. The van der Waals surface area contributed by atoms with Crippen LogP contribution in [-0.2, 0) is 0 Å². The minimum atomic E-state index is -0.670. The monoisotopic (exact) mass is 397 g/mol. The molecule has 150 valence electrons. The van der Waals surface area contributed by atoms with Crippen LogP contribution in [0.3, 0.4) is 0 Å². The van der Waals surface area contributed by atoms with E-state index in [0.717, 1.165) is 41.6 Å². The van der Waals surface area contributed by atoms with Crippen LogP contribution in [0, 0.1) is 11.6 Å². The van der Waals surface area contributed by atoms with Gasteiger partial charge in [0, 0.05) is 44.2 Å². The van der Waals surface area contributed by atoms with Crippen molar-refractivity contribution in [2.24, 2.45) is 0 Å². The molecule has 0 spiro atoms. The van der Waals surface area contributed by atoms with Gasteiger partial charge in [-0.15, -0.1) is 0 Å². The van der Waals surface area contributed by atoms with Gasteiger partial charge in [-0.25, -0.2) is 18.7 Å². The Morgan fingerprint density at radius 1 is 1.00 bits per heavy atom. The van der Waals surface area contributed by atoms with Gasteiger partial charge in [0.1, 0.15) is 17.4 Å². The third kappa shape index (κ3) is 3.92. The molecule has 1 saturated carbocycles. The standard InChI is InChI=1S/C21H21F2N5O/c22-13-1-4-19(16(23)11-13)29-15-6-9-28(10-7-15)21-20(25-14-2-3-14)26-17-5-8-24-12-18(17)27-21/h1,4-5,8,11-12,14-15H,2-3,6-7,9-10H2,(H,25,26). The molecule has 1 saturated heterocycles. The quantitative estimate of drug-likeness (QED) is 0.704. The van der Waals surface area contributed by atoms with Crippen LogP contribution >= 0.6 is 0 Å². The van der Waals surface area contributed by atoms with Gasteiger partial charge < -0.3 is 15.0 Å². The van der Waals surface area contributed by atoms with Crippen molar-refractivity contribution in [3.05, 3.63) is 48.3 Å². The summed E-state index contributed by atoms with van der Waals surface area (Å²) in [5.74, 6) is 0.442.